The smallest absolute Gasteiger partial charge is 0.00953 e. The average molecular weight is 238 g/mol. The summed E-state index contributed by atoms with van der Waals surface area (Å²) in [6.07, 6.45) is 8.65. The van der Waals surface area contributed by atoms with Gasteiger partial charge in [0.2, 0.25) is 0 Å². The van der Waals surface area contributed by atoms with Crippen LogP contribution < -0.4 is 5.32 Å². The summed E-state index contributed by atoms with van der Waals surface area (Å²) < 4.78 is 0. The van der Waals surface area contributed by atoms with E-state index in [1.807, 2.05) is 0 Å². The molecule has 2 heteroatoms. The van der Waals surface area contributed by atoms with E-state index in [9.17, 15) is 0 Å². The summed E-state index contributed by atoms with van der Waals surface area (Å²) in [4.78, 5) is 2.80. The van der Waals surface area contributed by atoms with Crippen molar-refractivity contribution in [2.45, 2.75) is 58.4 Å². The van der Waals surface area contributed by atoms with Crippen LogP contribution in [0.2, 0.25) is 0 Å². The molecule has 1 unspecified atom stereocenters. The molecule has 17 heavy (non-hydrogen) atoms. The van der Waals surface area contributed by atoms with Gasteiger partial charge < -0.3 is 10.2 Å². The van der Waals surface area contributed by atoms with Gasteiger partial charge in [-0.05, 0) is 57.2 Å². The maximum atomic E-state index is 3.49. The highest BCUT2D eigenvalue weighted by Crippen LogP contribution is 2.25. The lowest BCUT2D eigenvalue weighted by Crippen LogP contribution is -2.37. The van der Waals surface area contributed by atoms with Crippen LogP contribution in [-0.4, -0.2) is 37.1 Å². The number of nitrogens with one attached hydrogen (secondary N) is 1. The quantitative estimate of drug-likeness (QED) is 0.765. The molecule has 0 aromatic rings. The van der Waals surface area contributed by atoms with Crippen molar-refractivity contribution in [3.05, 3.63) is 0 Å². The van der Waals surface area contributed by atoms with Crippen LogP contribution in [0.5, 0.6) is 0 Å². The van der Waals surface area contributed by atoms with Crippen LogP contribution in [0.25, 0.3) is 0 Å². The Morgan fingerprint density at radius 2 is 1.94 bits per heavy atom. The Morgan fingerprint density at radius 3 is 2.53 bits per heavy atom. The molecule has 1 saturated carbocycles. The van der Waals surface area contributed by atoms with Gasteiger partial charge in [-0.25, -0.2) is 0 Å². The molecule has 100 valence electrons. The van der Waals surface area contributed by atoms with Gasteiger partial charge in [0.15, 0.2) is 0 Å². The molecule has 0 amide bonds. The lowest BCUT2D eigenvalue weighted by atomic mass is 10.0. The Labute approximate surface area is 107 Å². The van der Waals surface area contributed by atoms with Crippen LogP contribution in [0.3, 0.4) is 0 Å². The van der Waals surface area contributed by atoms with Gasteiger partial charge in [-0.3, -0.25) is 0 Å². The first-order valence-electron chi connectivity index (χ1n) is 7.70. The summed E-state index contributed by atoms with van der Waals surface area (Å²) >= 11 is 0. The minimum absolute atomic E-state index is 0.817. The van der Waals surface area contributed by atoms with Gasteiger partial charge in [-0.1, -0.05) is 26.7 Å². The molecule has 0 aromatic heterocycles. The van der Waals surface area contributed by atoms with Crippen LogP contribution in [0.4, 0.5) is 0 Å². The summed E-state index contributed by atoms with van der Waals surface area (Å²) in [6.45, 7) is 9.89. The van der Waals surface area contributed by atoms with E-state index in [-0.39, 0.29) is 0 Å². The van der Waals surface area contributed by atoms with Gasteiger partial charge in [0.05, 0.1) is 0 Å². The highest BCUT2D eigenvalue weighted by molar-refractivity contribution is 4.80. The summed E-state index contributed by atoms with van der Waals surface area (Å²) in [6, 6.07) is 0.909. The van der Waals surface area contributed by atoms with Crippen LogP contribution in [0.1, 0.15) is 52.4 Å². The molecule has 1 atom stereocenters. The Bertz CT molecular complexity index is 203. The van der Waals surface area contributed by atoms with E-state index in [0.717, 1.165) is 17.9 Å². The van der Waals surface area contributed by atoms with E-state index in [1.165, 1.54) is 64.7 Å². The van der Waals surface area contributed by atoms with Crippen molar-refractivity contribution < 1.29 is 0 Å². The first-order chi connectivity index (χ1) is 8.25. The lowest BCUT2D eigenvalue weighted by molar-refractivity contribution is 0.166. The maximum absolute atomic E-state index is 3.49. The summed E-state index contributed by atoms with van der Waals surface area (Å²) in [5.41, 5.74) is 0. The zero-order chi connectivity index (χ0) is 12.1. The van der Waals surface area contributed by atoms with E-state index in [0.29, 0.717) is 0 Å². The van der Waals surface area contributed by atoms with E-state index < -0.39 is 0 Å². The molecule has 2 nitrogen and oxygen atoms in total. The highest BCUT2D eigenvalue weighted by Gasteiger charge is 2.24. The summed E-state index contributed by atoms with van der Waals surface area (Å²) in [7, 11) is 0. The van der Waals surface area contributed by atoms with Crippen molar-refractivity contribution in [2.75, 3.05) is 26.2 Å². The monoisotopic (exact) mass is 238 g/mol. The second-order valence-corrected chi connectivity index (χ2v) is 6.47. The fourth-order valence-electron chi connectivity index (χ4n) is 3.47. The molecular formula is C15H30N2. The second-order valence-electron chi connectivity index (χ2n) is 6.47. The topological polar surface area (TPSA) is 15.3 Å². The zero-order valence-corrected chi connectivity index (χ0v) is 11.8. The van der Waals surface area contributed by atoms with Crippen molar-refractivity contribution in [3.8, 4) is 0 Å². The zero-order valence-electron chi connectivity index (χ0n) is 11.8. The van der Waals surface area contributed by atoms with Gasteiger partial charge in [0.1, 0.15) is 0 Å². The van der Waals surface area contributed by atoms with E-state index in [2.05, 4.69) is 24.1 Å². The standard InChI is InChI=1S/C15H30N2/c1-13(2)12-17(15-5-3-4-6-15)10-8-14-7-9-16-11-14/h13-16H,3-12H2,1-2H3. The van der Waals surface area contributed by atoms with Crippen molar-refractivity contribution >= 4 is 0 Å². The third-order valence-corrected chi connectivity index (χ3v) is 4.43. The Balaban J connectivity index is 1.76. The summed E-state index contributed by atoms with van der Waals surface area (Å²) in [5.74, 6) is 1.77. The Kier molecular flexibility index (Phi) is 5.30. The molecule has 0 aromatic carbocycles. The van der Waals surface area contributed by atoms with Crippen molar-refractivity contribution in [1.29, 1.82) is 0 Å². The molecule has 0 radical (unpaired) electrons. The minimum Gasteiger partial charge on any atom is -0.316 e. The number of rotatable bonds is 6. The molecule has 0 bridgehead atoms. The van der Waals surface area contributed by atoms with Crippen LogP contribution in [0, 0.1) is 11.8 Å². The van der Waals surface area contributed by atoms with E-state index in [4.69, 9.17) is 0 Å². The molecule has 2 fully saturated rings. The van der Waals surface area contributed by atoms with Gasteiger partial charge >= 0.3 is 0 Å². The molecule has 2 aliphatic rings. The number of hydrogen-bond acceptors (Lipinski definition) is 2. The van der Waals surface area contributed by atoms with Gasteiger partial charge in [0.25, 0.3) is 0 Å². The number of nitrogens with zero attached hydrogens (tertiary/aromatic N) is 1. The third kappa shape index (κ3) is 4.26. The van der Waals surface area contributed by atoms with E-state index >= 15 is 0 Å². The SMILES string of the molecule is CC(C)CN(CCC1CCNC1)C1CCCC1. The normalized spacial score (nSPS) is 26.5. The fourth-order valence-corrected chi connectivity index (χ4v) is 3.47. The third-order valence-electron chi connectivity index (χ3n) is 4.43. The lowest BCUT2D eigenvalue weighted by Gasteiger charge is -2.31. The van der Waals surface area contributed by atoms with Crippen molar-refractivity contribution in [3.63, 3.8) is 0 Å². The first-order valence-corrected chi connectivity index (χ1v) is 7.70. The molecule has 1 aliphatic heterocycles. The van der Waals surface area contributed by atoms with Crippen LogP contribution in [-0.2, 0) is 0 Å². The molecule has 1 saturated heterocycles. The molecule has 1 aliphatic carbocycles. The minimum atomic E-state index is 0.817. The van der Waals surface area contributed by atoms with Crippen molar-refractivity contribution in [1.82, 2.24) is 10.2 Å². The van der Waals surface area contributed by atoms with Crippen LogP contribution in [0.15, 0.2) is 0 Å². The van der Waals surface area contributed by atoms with Gasteiger partial charge in [0, 0.05) is 12.6 Å². The second kappa shape index (κ2) is 6.75. The largest absolute Gasteiger partial charge is 0.316 e. The fraction of sp³-hybridized carbons (Fsp3) is 1.00. The van der Waals surface area contributed by atoms with Crippen molar-refractivity contribution in [2.24, 2.45) is 11.8 Å². The maximum Gasteiger partial charge on any atom is 0.00953 e. The molecule has 1 heterocycles. The molecule has 1 N–H and O–H groups in total. The predicted molar refractivity (Wildman–Crippen MR) is 74.3 cm³/mol. The molecular weight excluding hydrogens is 208 g/mol. The Hall–Kier alpha value is -0.0800. The van der Waals surface area contributed by atoms with Gasteiger partial charge in [-0.15, -0.1) is 0 Å². The number of hydrogen-bond donors (Lipinski definition) is 1. The van der Waals surface area contributed by atoms with E-state index in [1.54, 1.807) is 0 Å². The molecule has 2 rings (SSSR count). The van der Waals surface area contributed by atoms with Crippen LogP contribution >= 0.6 is 0 Å². The Morgan fingerprint density at radius 1 is 1.18 bits per heavy atom. The predicted octanol–water partition coefficient (Wildman–Crippen LogP) is 2.89. The summed E-state index contributed by atoms with van der Waals surface area (Å²) in [5, 5.41) is 3.49. The van der Waals surface area contributed by atoms with Gasteiger partial charge in [-0.2, -0.15) is 0 Å². The molecule has 0 spiro atoms. The first kappa shape index (κ1) is 13.4. The average Bonchev–Trinajstić information content (AvgIpc) is 2.96. The highest BCUT2D eigenvalue weighted by atomic mass is 15.2.